The summed E-state index contributed by atoms with van der Waals surface area (Å²) in [6, 6.07) is 9.48. The van der Waals surface area contributed by atoms with Crippen LogP contribution in [0, 0.1) is 0 Å². The van der Waals surface area contributed by atoms with Gasteiger partial charge in [0.1, 0.15) is 5.60 Å². The van der Waals surface area contributed by atoms with Gasteiger partial charge in [-0.2, -0.15) is 11.3 Å². The summed E-state index contributed by atoms with van der Waals surface area (Å²) in [6.07, 6.45) is 0. The van der Waals surface area contributed by atoms with E-state index < -0.39 is 5.60 Å². The molecule has 21 heavy (non-hydrogen) atoms. The summed E-state index contributed by atoms with van der Waals surface area (Å²) in [5, 5.41) is 17.3. The molecule has 1 aromatic carbocycles. The van der Waals surface area contributed by atoms with Gasteiger partial charge in [-0.1, -0.05) is 12.1 Å². The number of hydrogen-bond donors (Lipinski definition) is 2. The summed E-state index contributed by atoms with van der Waals surface area (Å²) < 4.78 is 0.979. The highest BCUT2D eigenvalue weighted by Crippen LogP contribution is 2.23. The minimum atomic E-state index is -1.08. The Morgan fingerprint density at radius 3 is 2.90 bits per heavy atom. The van der Waals surface area contributed by atoms with Gasteiger partial charge in [0, 0.05) is 0 Å². The normalized spacial score (nSPS) is 14.0. The minimum absolute atomic E-state index is 0.151. The van der Waals surface area contributed by atoms with Gasteiger partial charge in [0.15, 0.2) is 5.01 Å². The van der Waals surface area contributed by atoms with Crippen molar-refractivity contribution >= 4 is 38.8 Å². The Balaban J connectivity index is 1.72. The quantitative estimate of drug-likeness (QED) is 0.777. The lowest BCUT2D eigenvalue weighted by molar-refractivity contribution is 0.0530. The number of carbonyl (C=O) groups is 1. The lowest BCUT2D eigenvalue weighted by Crippen LogP contribution is -2.38. The Hall–Kier alpha value is -1.76. The number of rotatable bonds is 4. The average Bonchev–Trinajstić information content (AvgIpc) is 3.13. The highest BCUT2D eigenvalue weighted by Gasteiger charge is 2.25. The van der Waals surface area contributed by atoms with Crippen molar-refractivity contribution in [3.8, 4) is 0 Å². The Labute approximate surface area is 130 Å². The molecule has 1 unspecified atom stereocenters. The van der Waals surface area contributed by atoms with Crippen LogP contribution in [-0.2, 0) is 5.60 Å². The van der Waals surface area contributed by atoms with Crippen molar-refractivity contribution in [1.29, 1.82) is 0 Å². The van der Waals surface area contributed by atoms with E-state index in [1.54, 1.807) is 6.92 Å². The molecule has 1 atom stereocenters. The number of aliphatic hydroxyl groups is 1. The number of fused-ring (bicyclic) bond motifs is 1. The number of para-hydroxylation sites is 1. The summed E-state index contributed by atoms with van der Waals surface area (Å²) in [5.74, 6) is -0.258. The van der Waals surface area contributed by atoms with Gasteiger partial charge in [-0.3, -0.25) is 4.79 Å². The van der Waals surface area contributed by atoms with Crippen molar-refractivity contribution in [2.45, 2.75) is 12.5 Å². The lowest BCUT2D eigenvalue weighted by Gasteiger charge is -2.22. The zero-order valence-electron chi connectivity index (χ0n) is 11.4. The number of nitrogens with one attached hydrogen (secondary N) is 1. The Kier molecular flexibility index (Phi) is 3.75. The van der Waals surface area contributed by atoms with E-state index in [9.17, 15) is 9.90 Å². The minimum Gasteiger partial charge on any atom is -0.384 e. The van der Waals surface area contributed by atoms with Gasteiger partial charge < -0.3 is 10.4 Å². The molecule has 0 aliphatic rings. The SMILES string of the molecule is CC(O)(CNC(=O)c1nc2ccccc2s1)c1ccsc1. The largest absolute Gasteiger partial charge is 0.384 e. The van der Waals surface area contributed by atoms with E-state index in [1.165, 1.54) is 22.7 Å². The molecule has 2 heterocycles. The topological polar surface area (TPSA) is 62.2 Å². The molecule has 0 bridgehead atoms. The molecular weight excluding hydrogens is 304 g/mol. The number of amides is 1. The molecule has 0 radical (unpaired) electrons. The van der Waals surface area contributed by atoms with Gasteiger partial charge in [-0.15, -0.1) is 11.3 Å². The van der Waals surface area contributed by atoms with Gasteiger partial charge in [-0.25, -0.2) is 4.98 Å². The predicted octanol–water partition coefficient (Wildman–Crippen LogP) is 3.00. The molecule has 3 rings (SSSR count). The van der Waals surface area contributed by atoms with Crippen LogP contribution in [0.5, 0.6) is 0 Å². The van der Waals surface area contributed by atoms with Crippen LogP contribution in [0.15, 0.2) is 41.1 Å². The second kappa shape index (κ2) is 5.55. The fourth-order valence-corrected chi connectivity index (χ4v) is 3.64. The molecule has 0 saturated carbocycles. The Morgan fingerprint density at radius 2 is 2.19 bits per heavy atom. The monoisotopic (exact) mass is 318 g/mol. The molecule has 2 aromatic heterocycles. The molecular formula is C15H14N2O2S2. The Bertz CT molecular complexity index is 730. The molecule has 4 nitrogen and oxygen atoms in total. The number of hydrogen-bond acceptors (Lipinski definition) is 5. The van der Waals surface area contributed by atoms with Gasteiger partial charge in [-0.05, 0) is 41.4 Å². The lowest BCUT2D eigenvalue weighted by atomic mass is 9.99. The van der Waals surface area contributed by atoms with Crippen molar-refractivity contribution in [3.63, 3.8) is 0 Å². The third-order valence-electron chi connectivity index (χ3n) is 3.22. The van der Waals surface area contributed by atoms with E-state index in [4.69, 9.17) is 0 Å². The molecule has 2 N–H and O–H groups in total. The first-order valence-electron chi connectivity index (χ1n) is 6.45. The predicted molar refractivity (Wildman–Crippen MR) is 85.8 cm³/mol. The maximum absolute atomic E-state index is 12.2. The highest BCUT2D eigenvalue weighted by molar-refractivity contribution is 7.20. The van der Waals surface area contributed by atoms with Crippen LogP contribution in [-0.4, -0.2) is 22.5 Å². The molecule has 3 aromatic rings. The van der Waals surface area contributed by atoms with Crippen LogP contribution in [0.1, 0.15) is 22.3 Å². The van der Waals surface area contributed by atoms with Gasteiger partial charge >= 0.3 is 0 Å². The van der Waals surface area contributed by atoms with E-state index in [0.29, 0.717) is 5.01 Å². The van der Waals surface area contributed by atoms with E-state index in [0.717, 1.165) is 15.8 Å². The molecule has 0 aliphatic heterocycles. The van der Waals surface area contributed by atoms with Gasteiger partial charge in [0.25, 0.3) is 5.91 Å². The maximum Gasteiger partial charge on any atom is 0.280 e. The van der Waals surface area contributed by atoms with E-state index in [1.807, 2.05) is 41.1 Å². The van der Waals surface area contributed by atoms with Crippen LogP contribution in [0.25, 0.3) is 10.2 Å². The molecule has 0 saturated heterocycles. The maximum atomic E-state index is 12.2. The van der Waals surface area contributed by atoms with Crippen molar-refractivity contribution in [1.82, 2.24) is 10.3 Å². The second-order valence-corrected chi connectivity index (χ2v) is 6.77. The molecule has 0 fully saturated rings. The van der Waals surface area contributed by atoms with Crippen molar-refractivity contribution in [3.05, 3.63) is 51.7 Å². The zero-order valence-corrected chi connectivity index (χ0v) is 13.0. The van der Waals surface area contributed by atoms with Crippen LogP contribution >= 0.6 is 22.7 Å². The molecule has 1 amide bonds. The standard InChI is InChI=1S/C15H14N2O2S2/c1-15(19,10-6-7-20-8-10)9-16-13(18)14-17-11-4-2-3-5-12(11)21-14/h2-8,19H,9H2,1H3,(H,16,18). The molecule has 0 aliphatic carbocycles. The van der Waals surface area contributed by atoms with Gasteiger partial charge in [0.2, 0.25) is 0 Å². The second-order valence-electron chi connectivity index (χ2n) is 4.96. The fraction of sp³-hybridized carbons (Fsp3) is 0.200. The number of benzene rings is 1. The number of aromatic nitrogens is 1. The Morgan fingerprint density at radius 1 is 1.38 bits per heavy atom. The number of thiazole rings is 1. The molecule has 0 spiro atoms. The van der Waals surface area contributed by atoms with Crippen LogP contribution in [0.4, 0.5) is 0 Å². The summed E-state index contributed by atoms with van der Waals surface area (Å²) in [5.41, 5.74) is 0.543. The van der Waals surface area contributed by atoms with Gasteiger partial charge in [0.05, 0.1) is 16.8 Å². The van der Waals surface area contributed by atoms with E-state index in [-0.39, 0.29) is 12.5 Å². The third kappa shape index (κ3) is 2.97. The number of thiophene rings is 1. The third-order valence-corrected chi connectivity index (χ3v) is 4.94. The summed E-state index contributed by atoms with van der Waals surface area (Å²) in [6.45, 7) is 1.84. The first kappa shape index (κ1) is 14.2. The molecule has 108 valence electrons. The van der Waals surface area contributed by atoms with E-state index in [2.05, 4.69) is 10.3 Å². The zero-order chi connectivity index (χ0) is 14.9. The van der Waals surface area contributed by atoms with E-state index >= 15 is 0 Å². The van der Waals surface area contributed by atoms with Crippen LogP contribution in [0.3, 0.4) is 0 Å². The average molecular weight is 318 g/mol. The first-order chi connectivity index (χ1) is 10.1. The summed E-state index contributed by atoms with van der Waals surface area (Å²) in [7, 11) is 0. The number of carbonyl (C=O) groups excluding carboxylic acids is 1. The summed E-state index contributed by atoms with van der Waals surface area (Å²) in [4.78, 5) is 16.5. The van der Waals surface area contributed by atoms with Crippen molar-refractivity contribution in [2.24, 2.45) is 0 Å². The van der Waals surface area contributed by atoms with Crippen LogP contribution < -0.4 is 5.32 Å². The van der Waals surface area contributed by atoms with Crippen molar-refractivity contribution in [2.75, 3.05) is 6.54 Å². The summed E-state index contributed by atoms with van der Waals surface area (Å²) >= 11 is 2.87. The smallest absolute Gasteiger partial charge is 0.280 e. The number of nitrogens with zero attached hydrogens (tertiary/aromatic N) is 1. The first-order valence-corrected chi connectivity index (χ1v) is 8.21. The fourth-order valence-electron chi connectivity index (χ4n) is 1.97. The van der Waals surface area contributed by atoms with Crippen LogP contribution in [0.2, 0.25) is 0 Å². The van der Waals surface area contributed by atoms with Crippen molar-refractivity contribution < 1.29 is 9.90 Å². The molecule has 6 heteroatoms. The highest BCUT2D eigenvalue weighted by atomic mass is 32.1.